The highest BCUT2D eigenvalue weighted by molar-refractivity contribution is 5.79. The number of hydrogen-bond donors (Lipinski definition) is 2. The van der Waals surface area contributed by atoms with Crippen LogP contribution in [0.4, 0.5) is 0 Å². The van der Waals surface area contributed by atoms with Crippen LogP contribution in [0.25, 0.3) is 11.1 Å². The summed E-state index contributed by atoms with van der Waals surface area (Å²) in [5, 5.41) is 8.52. The summed E-state index contributed by atoms with van der Waals surface area (Å²) in [6.07, 6.45) is 0. The quantitative estimate of drug-likeness (QED) is 0.745. The molecule has 0 saturated heterocycles. The summed E-state index contributed by atoms with van der Waals surface area (Å²) in [6, 6.07) is 15.1. The molecule has 1 aliphatic rings. The van der Waals surface area contributed by atoms with Crippen LogP contribution in [0.3, 0.4) is 0 Å². The summed E-state index contributed by atoms with van der Waals surface area (Å²) in [4.78, 5) is 22.4. The van der Waals surface area contributed by atoms with Gasteiger partial charge in [0.25, 0.3) is 0 Å². The molecule has 0 bridgehead atoms. The standard InChI is InChI=1S/C19H19NO5/c20-17(10-24-11-18(21)22)19(23)25-9-16-14-7-3-1-5-12(14)13-6-2-4-8-15(13)16/h1-8,16-17H,9-11,20H2,(H,21,22). The van der Waals surface area contributed by atoms with E-state index in [0.29, 0.717) is 0 Å². The van der Waals surface area contributed by atoms with E-state index < -0.39 is 24.6 Å². The zero-order valence-corrected chi connectivity index (χ0v) is 13.6. The molecule has 0 spiro atoms. The van der Waals surface area contributed by atoms with Crippen molar-refractivity contribution in [3.05, 3.63) is 59.7 Å². The molecule has 1 unspecified atom stereocenters. The van der Waals surface area contributed by atoms with E-state index in [-0.39, 0.29) is 19.1 Å². The van der Waals surface area contributed by atoms with Gasteiger partial charge in [-0.2, -0.15) is 0 Å². The third-order valence-electron chi connectivity index (χ3n) is 4.18. The first kappa shape index (κ1) is 17.1. The Hall–Kier alpha value is -2.70. The molecule has 0 aliphatic heterocycles. The van der Waals surface area contributed by atoms with E-state index in [4.69, 9.17) is 20.3 Å². The van der Waals surface area contributed by atoms with E-state index in [9.17, 15) is 9.59 Å². The highest BCUT2D eigenvalue weighted by atomic mass is 16.5. The van der Waals surface area contributed by atoms with Gasteiger partial charge >= 0.3 is 11.9 Å². The molecule has 0 radical (unpaired) electrons. The second-order valence-electron chi connectivity index (χ2n) is 5.87. The predicted molar refractivity (Wildman–Crippen MR) is 91.1 cm³/mol. The molecule has 1 aliphatic carbocycles. The van der Waals surface area contributed by atoms with Gasteiger partial charge < -0.3 is 20.3 Å². The highest BCUT2D eigenvalue weighted by Gasteiger charge is 2.29. The molecule has 0 amide bonds. The lowest BCUT2D eigenvalue weighted by atomic mass is 9.98. The molecule has 2 aromatic rings. The van der Waals surface area contributed by atoms with E-state index in [1.54, 1.807) is 0 Å². The highest BCUT2D eigenvalue weighted by Crippen LogP contribution is 2.44. The number of rotatable bonds is 7. The van der Waals surface area contributed by atoms with Crippen LogP contribution in [0.5, 0.6) is 0 Å². The minimum absolute atomic E-state index is 0.0384. The van der Waals surface area contributed by atoms with Crippen molar-refractivity contribution in [2.45, 2.75) is 12.0 Å². The first-order valence-electron chi connectivity index (χ1n) is 7.98. The van der Waals surface area contributed by atoms with Crippen LogP contribution in [-0.2, 0) is 19.1 Å². The third-order valence-corrected chi connectivity index (χ3v) is 4.18. The van der Waals surface area contributed by atoms with Crippen molar-refractivity contribution in [1.82, 2.24) is 0 Å². The molecule has 1 atom stereocenters. The van der Waals surface area contributed by atoms with Gasteiger partial charge in [0.2, 0.25) is 0 Å². The number of carbonyl (C=O) groups is 2. The Morgan fingerprint density at radius 3 is 2.16 bits per heavy atom. The summed E-state index contributed by atoms with van der Waals surface area (Å²) in [7, 11) is 0. The number of nitrogens with two attached hydrogens (primary N) is 1. The SMILES string of the molecule is NC(COCC(=O)O)C(=O)OCC1c2ccccc2-c2ccccc21. The molecule has 130 valence electrons. The van der Waals surface area contributed by atoms with Crippen molar-refractivity contribution < 1.29 is 24.2 Å². The number of ether oxygens (including phenoxy) is 2. The van der Waals surface area contributed by atoms with Gasteiger partial charge in [-0.15, -0.1) is 0 Å². The Kier molecular flexibility index (Phi) is 5.11. The maximum atomic E-state index is 12.0. The number of hydrogen-bond acceptors (Lipinski definition) is 5. The van der Waals surface area contributed by atoms with Crippen LogP contribution in [0.2, 0.25) is 0 Å². The fourth-order valence-electron chi connectivity index (χ4n) is 3.05. The van der Waals surface area contributed by atoms with E-state index in [0.717, 1.165) is 22.3 Å². The molecule has 3 rings (SSSR count). The lowest BCUT2D eigenvalue weighted by molar-refractivity contribution is -0.150. The lowest BCUT2D eigenvalue weighted by Gasteiger charge is -2.16. The lowest BCUT2D eigenvalue weighted by Crippen LogP contribution is -2.37. The topological polar surface area (TPSA) is 98.9 Å². The smallest absolute Gasteiger partial charge is 0.329 e. The zero-order valence-electron chi connectivity index (χ0n) is 13.6. The molecule has 0 heterocycles. The van der Waals surface area contributed by atoms with Crippen molar-refractivity contribution >= 4 is 11.9 Å². The van der Waals surface area contributed by atoms with Gasteiger partial charge in [0.05, 0.1) is 6.61 Å². The summed E-state index contributed by atoms with van der Waals surface area (Å²) in [5.41, 5.74) is 10.2. The average Bonchev–Trinajstić information content (AvgIpc) is 2.93. The molecule has 2 aromatic carbocycles. The summed E-state index contributed by atoms with van der Waals surface area (Å²) < 4.78 is 10.2. The molecule has 6 heteroatoms. The van der Waals surface area contributed by atoms with Gasteiger partial charge in [0, 0.05) is 5.92 Å². The van der Waals surface area contributed by atoms with Gasteiger partial charge in [0.1, 0.15) is 19.3 Å². The monoisotopic (exact) mass is 341 g/mol. The van der Waals surface area contributed by atoms with Crippen LogP contribution in [-0.4, -0.2) is 42.9 Å². The van der Waals surface area contributed by atoms with Gasteiger partial charge in [-0.25, -0.2) is 4.79 Å². The van der Waals surface area contributed by atoms with Crippen molar-refractivity contribution in [2.24, 2.45) is 5.73 Å². The summed E-state index contributed by atoms with van der Waals surface area (Å²) >= 11 is 0. The first-order valence-corrected chi connectivity index (χ1v) is 7.98. The van der Waals surface area contributed by atoms with Crippen LogP contribution in [0.1, 0.15) is 17.0 Å². The van der Waals surface area contributed by atoms with Gasteiger partial charge in [-0.3, -0.25) is 4.79 Å². The third kappa shape index (κ3) is 3.70. The molecular weight excluding hydrogens is 322 g/mol. The van der Waals surface area contributed by atoms with Crippen LogP contribution in [0.15, 0.2) is 48.5 Å². The number of carbonyl (C=O) groups excluding carboxylic acids is 1. The van der Waals surface area contributed by atoms with Crippen molar-refractivity contribution in [3.8, 4) is 11.1 Å². The molecule has 0 aromatic heterocycles. The van der Waals surface area contributed by atoms with Crippen molar-refractivity contribution in [3.63, 3.8) is 0 Å². The van der Waals surface area contributed by atoms with Gasteiger partial charge in [-0.1, -0.05) is 48.5 Å². The van der Waals surface area contributed by atoms with Crippen LogP contribution < -0.4 is 5.73 Å². The molecule has 3 N–H and O–H groups in total. The minimum Gasteiger partial charge on any atom is -0.480 e. The number of fused-ring (bicyclic) bond motifs is 3. The molecular formula is C19H19NO5. The van der Waals surface area contributed by atoms with E-state index in [2.05, 4.69) is 12.1 Å². The van der Waals surface area contributed by atoms with E-state index in [1.807, 2.05) is 36.4 Å². The van der Waals surface area contributed by atoms with E-state index >= 15 is 0 Å². The van der Waals surface area contributed by atoms with E-state index in [1.165, 1.54) is 0 Å². The summed E-state index contributed by atoms with van der Waals surface area (Å²) in [5.74, 6) is -1.75. The zero-order chi connectivity index (χ0) is 17.8. The van der Waals surface area contributed by atoms with Crippen LogP contribution in [0, 0.1) is 0 Å². The largest absolute Gasteiger partial charge is 0.480 e. The normalized spacial score (nSPS) is 13.8. The fraction of sp³-hybridized carbons (Fsp3) is 0.263. The minimum atomic E-state index is -1.11. The number of carboxylic acid groups (broad SMARTS) is 1. The maximum absolute atomic E-state index is 12.0. The molecule has 25 heavy (non-hydrogen) atoms. The number of benzene rings is 2. The molecule has 6 nitrogen and oxygen atoms in total. The maximum Gasteiger partial charge on any atom is 0.329 e. The molecule has 0 saturated carbocycles. The van der Waals surface area contributed by atoms with Gasteiger partial charge in [-0.05, 0) is 22.3 Å². The Balaban J connectivity index is 1.65. The van der Waals surface area contributed by atoms with Crippen molar-refractivity contribution in [1.29, 1.82) is 0 Å². The Morgan fingerprint density at radius 1 is 1.04 bits per heavy atom. The Labute approximate surface area is 145 Å². The second kappa shape index (κ2) is 7.46. The average molecular weight is 341 g/mol. The number of aliphatic carboxylic acids is 1. The Bertz CT molecular complexity index is 743. The summed E-state index contributed by atoms with van der Waals surface area (Å²) in [6.45, 7) is -0.507. The fourth-order valence-corrected chi connectivity index (χ4v) is 3.05. The molecule has 0 fully saturated rings. The second-order valence-corrected chi connectivity index (χ2v) is 5.87. The van der Waals surface area contributed by atoms with Crippen molar-refractivity contribution in [2.75, 3.05) is 19.8 Å². The first-order chi connectivity index (χ1) is 12.1. The Morgan fingerprint density at radius 2 is 1.60 bits per heavy atom. The predicted octanol–water partition coefficient (Wildman–Crippen LogP) is 1.77. The van der Waals surface area contributed by atoms with Gasteiger partial charge in [0.15, 0.2) is 0 Å². The number of esters is 1. The van der Waals surface area contributed by atoms with Crippen LogP contribution >= 0.6 is 0 Å². The number of carboxylic acids is 1.